The minimum atomic E-state index is 0.744. The molecule has 0 fully saturated rings. The van der Waals surface area contributed by atoms with E-state index in [1.54, 1.807) is 5.57 Å². The fraction of sp³-hybridized carbons (Fsp3) is 0.273. The Morgan fingerprint density at radius 3 is 2.70 bits per heavy atom. The van der Waals surface area contributed by atoms with Gasteiger partial charge in [0.1, 0.15) is 0 Å². The summed E-state index contributed by atoms with van der Waals surface area (Å²) in [6.45, 7) is 0. The maximum absolute atomic E-state index is 6.27. The molecule has 1 atom stereocenters. The normalized spacial score (nSPS) is 20.1. The average Bonchev–Trinajstić information content (AvgIpc) is 2.59. The van der Waals surface area contributed by atoms with Gasteiger partial charge >= 0.3 is 0 Å². The van der Waals surface area contributed by atoms with Crippen LogP contribution in [0.5, 0.6) is 0 Å². The molecule has 2 N–H and O–H groups in total. The van der Waals surface area contributed by atoms with Crippen LogP contribution in [-0.4, -0.2) is 0 Å². The van der Waals surface area contributed by atoms with Crippen LogP contribution in [0.15, 0.2) is 71.8 Å². The molecular formula is C22H23N. The third-order valence-corrected chi connectivity index (χ3v) is 5.21. The fourth-order valence-corrected chi connectivity index (χ4v) is 3.83. The van der Waals surface area contributed by atoms with E-state index in [0.29, 0.717) is 0 Å². The second kappa shape index (κ2) is 6.08. The highest BCUT2D eigenvalue weighted by molar-refractivity contribution is 5.86. The second-order valence-corrected chi connectivity index (χ2v) is 6.77. The molecule has 2 aliphatic carbocycles. The van der Waals surface area contributed by atoms with E-state index in [1.165, 1.54) is 41.2 Å². The SMILES string of the molecule is Nc1cc2ccccc2cc1CCC1=CC=C2C=CCCC2C1. The first kappa shape index (κ1) is 14.3. The van der Waals surface area contributed by atoms with Crippen molar-refractivity contribution in [2.24, 2.45) is 5.92 Å². The Morgan fingerprint density at radius 1 is 1.00 bits per heavy atom. The molecule has 116 valence electrons. The van der Waals surface area contributed by atoms with Crippen LogP contribution < -0.4 is 5.73 Å². The van der Waals surface area contributed by atoms with Gasteiger partial charge < -0.3 is 5.73 Å². The fourth-order valence-electron chi connectivity index (χ4n) is 3.83. The molecule has 0 aromatic heterocycles. The molecule has 0 saturated carbocycles. The van der Waals surface area contributed by atoms with Crippen LogP contribution in [0.25, 0.3) is 10.8 Å². The summed E-state index contributed by atoms with van der Waals surface area (Å²) in [5.74, 6) is 0.744. The van der Waals surface area contributed by atoms with Gasteiger partial charge in [-0.1, -0.05) is 54.1 Å². The number of nitrogen functional groups attached to an aromatic ring is 1. The predicted molar refractivity (Wildman–Crippen MR) is 99.3 cm³/mol. The van der Waals surface area contributed by atoms with Crippen molar-refractivity contribution < 1.29 is 0 Å². The number of benzene rings is 2. The van der Waals surface area contributed by atoms with Crippen molar-refractivity contribution in [3.63, 3.8) is 0 Å². The standard InChI is InChI=1S/C22H23N/c23-22-15-20-8-4-3-7-19(20)14-21(22)12-10-16-9-11-17-5-1-2-6-18(17)13-16/h1,3-5,7-9,11,14-15,18H,2,6,10,12-13,23H2. The molecule has 0 saturated heterocycles. The number of fused-ring (bicyclic) bond motifs is 2. The molecule has 0 spiro atoms. The minimum absolute atomic E-state index is 0.744. The summed E-state index contributed by atoms with van der Waals surface area (Å²) in [6, 6.07) is 12.8. The Bertz CT molecular complexity index is 823. The zero-order valence-electron chi connectivity index (χ0n) is 13.5. The molecule has 23 heavy (non-hydrogen) atoms. The van der Waals surface area contributed by atoms with Gasteiger partial charge in [0.05, 0.1) is 0 Å². The maximum Gasteiger partial charge on any atom is 0.0353 e. The summed E-state index contributed by atoms with van der Waals surface area (Å²) < 4.78 is 0. The Kier molecular flexibility index (Phi) is 3.78. The summed E-state index contributed by atoms with van der Waals surface area (Å²) in [7, 11) is 0. The number of aryl methyl sites for hydroxylation is 1. The average molecular weight is 301 g/mol. The minimum Gasteiger partial charge on any atom is -0.398 e. The first-order chi connectivity index (χ1) is 11.3. The number of rotatable bonds is 3. The molecule has 0 amide bonds. The van der Waals surface area contributed by atoms with Gasteiger partial charge in [-0.05, 0) is 72.1 Å². The molecule has 0 heterocycles. The molecular weight excluding hydrogens is 278 g/mol. The quantitative estimate of drug-likeness (QED) is 0.736. The summed E-state index contributed by atoms with van der Waals surface area (Å²) in [5, 5.41) is 2.51. The van der Waals surface area contributed by atoms with Crippen molar-refractivity contribution in [1.82, 2.24) is 0 Å². The van der Waals surface area contributed by atoms with Crippen LogP contribution in [0.4, 0.5) is 5.69 Å². The number of allylic oxidation sites excluding steroid dienone is 6. The van der Waals surface area contributed by atoms with E-state index in [9.17, 15) is 0 Å². The van der Waals surface area contributed by atoms with Crippen LogP contribution in [0.3, 0.4) is 0 Å². The highest BCUT2D eigenvalue weighted by atomic mass is 14.6. The van der Waals surface area contributed by atoms with Crippen molar-refractivity contribution >= 4 is 16.5 Å². The van der Waals surface area contributed by atoms with Crippen molar-refractivity contribution in [2.75, 3.05) is 5.73 Å². The monoisotopic (exact) mass is 301 g/mol. The summed E-state index contributed by atoms with van der Waals surface area (Å²) in [4.78, 5) is 0. The van der Waals surface area contributed by atoms with Crippen molar-refractivity contribution in [2.45, 2.75) is 32.1 Å². The Hall–Kier alpha value is -2.28. The largest absolute Gasteiger partial charge is 0.398 e. The number of anilines is 1. The van der Waals surface area contributed by atoms with Crippen molar-refractivity contribution in [3.8, 4) is 0 Å². The van der Waals surface area contributed by atoms with Gasteiger partial charge in [0.2, 0.25) is 0 Å². The van der Waals surface area contributed by atoms with E-state index in [0.717, 1.165) is 24.4 Å². The van der Waals surface area contributed by atoms with E-state index < -0.39 is 0 Å². The zero-order chi connectivity index (χ0) is 15.6. The van der Waals surface area contributed by atoms with Crippen LogP contribution >= 0.6 is 0 Å². The van der Waals surface area contributed by atoms with Crippen molar-refractivity contribution in [3.05, 3.63) is 77.4 Å². The second-order valence-electron chi connectivity index (χ2n) is 6.77. The third kappa shape index (κ3) is 2.96. The first-order valence-corrected chi connectivity index (χ1v) is 8.63. The van der Waals surface area contributed by atoms with Gasteiger partial charge in [0.25, 0.3) is 0 Å². The topological polar surface area (TPSA) is 26.0 Å². The van der Waals surface area contributed by atoms with Crippen LogP contribution in [0.2, 0.25) is 0 Å². The molecule has 0 radical (unpaired) electrons. The van der Waals surface area contributed by atoms with Crippen LogP contribution in [-0.2, 0) is 6.42 Å². The molecule has 1 nitrogen and oxygen atoms in total. The lowest BCUT2D eigenvalue weighted by Gasteiger charge is -2.26. The third-order valence-electron chi connectivity index (χ3n) is 5.21. The number of nitrogens with two attached hydrogens (primary N) is 1. The summed E-state index contributed by atoms with van der Waals surface area (Å²) in [5.41, 5.74) is 11.6. The van der Waals surface area contributed by atoms with E-state index >= 15 is 0 Å². The molecule has 1 heteroatoms. The molecule has 2 aromatic carbocycles. The molecule has 1 unspecified atom stereocenters. The number of hydrogen-bond acceptors (Lipinski definition) is 1. The first-order valence-electron chi connectivity index (χ1n) is 8.63. The van der Waals surface area contributed by atoms with Gasteiger partial charge in [0, 0.05) is 5.69 Å². The molecule has 2 aromatic rings. The lowest BCUT2D eigenvalue weighted by Crippen LogP contribution is -2.11. The van der Waals surface area contributed by atoms with E-state index in [2.05, 4.69) is 60.7 Å². The van der Waals surface area contributed by atoms with Crippen molar-refractivity contribution in [1.29, 1.82) is 0 Å². The van der Waals surface area contributed by atoms with Gasteiger partial charge in [-0.25, -0.2) is 0 Å². The molecule has 0 aliphatic heterocycles. The summed E-state index contributed by atoms with van der Waals surface area (Å²) >= 11 is 0. The number of hydrogen-bond donors (Lipinski definition) is 1. The lowest BCUT2D eigenvalue weighted by atomic mass is 9.80. The van der Waals surface area contributed by atoms with Gasteiger partial charge in [-0.2, -0.15) is 0 Å². The van der Waals surface area contributed by atoms with Gasteiger partial charge in [-0.3, -0.25) is 0 Å². The van der Waals surface area contributed by atoms with Gasteiger partial charge in [0.15, 0.2) is 0 Å². The Morgan fingerprint density at radius 2 is 1.83 bits per heavy atom. The smallest absolute Gasteiger partial charge is 0.0353 e. The Labute approximate surface area is 138 Å². The predicted octanol–water partition coefficient (Wildman–Crippen LogP) is 5.58. The van der Waals surface area contributed by atoms with E-state index in [1.807, 2.05) is 0 Å². The van der Waals surface area contributed by atoms with E-state index in [4.69, 9.17) is 5.73 Å². The highest BCUT2D eigenvalue weighted by Crippen LogP contribution is 2.35. The lowest BCUT2D eigenvalue weighted by molar-refractivity contribution is 0.541. The zero-order valence-corrected chi connectivity index (χ0v) is 13.5. The van der Waals surface area contributed by atoms with Crippen LogP contribution in [0.1, 0.15) is 31.2 Å². The van der Waals surface area contributed by atoms with Crippen LogP contribution in [0, 0.1) is 5.92 Å². The van der Waals surface area contributed by atoms with E-state index in [-0.39, 0.29) is 0 Å². The molecule has 2 aliphatic rings. The highest BCUT2D eigenvalue weighted by Gasteiger charge is 2.19. The summed E-state index contributed by atoms with van der Waals surface area (Å²) in [6.07, 6.45) is 15.2. The maximum atomic E-state index is 6.27. The molecule has 4 rings (SSSR count). The molecule has 0 bridgehead atoms. The van der Waals surface area contributed by atoms with Gasteiger partial charge in [-0.15, -0.1) is 0 Å². The Balaban J connectivity index is 1.51.